The fourth-order valence-corrected chi connectivity index (χ4v) is 3.25. The number of aromatic amines is 1. The Morgan fingerprint density at radius 1 is 1.52 bits per heavy atom. The molecule has 2 aliphatic rings. The molecule has 2 fully saturated rings. The van der Waals surface area contributed by atoms with Crippen LogP contribution in [0.25, 0.3) is 0 Å². The van der Waals surface area contributed by atoms with Gasteiger partial charge >= 0.3 is 6.09 Å². The van der Waals surface area contributed by atoms with E-state index in [1.165, 1.54) is 12.8 Å². The molecule has 1 aromatic heterocycles. The lowest BCUT2D eigenvalue weighted by Gasteiger charge is -2.37. The minimum atomic E-state index is -0.319. The molecule has 1 spiro atoms. The quantitative estimate of drug-likeness (QED) is 0.868. The molecule has 0 bridgehead atoms. The van der Waals surface area contributed by atoms with Gasteiger partial charge < -0.3 is 15.0 Å². The van der Waals surface area contributed by atoms with E-state index >= 15 is 0 Å². The van der Waals surface area contributed by atoms with Crippen LogP contribution >= 0.6 is 0 Å². The second kappa shape index (κ2) is 6.05. The van der Waals surface area contributed by atoms with E-state index in [1.54, 1.807) is 0 Å². The Morgan fingerprint density at radius 3 is 3.19 bits per heavy atom. The number of unbranched alkanes of at least 4 members (excludes halogenated alkanes) is 1. The van der Waals surface area contributed by atoms with Gasteiger partial charge in [0, 0.05) is 31.4 Å². The number of likely N-dealkylation sites (tertiary alicyclic amines) is 1. The van der Waals surface area contributed by atoms with Crippen molar-refractivity contribution in [2.75, 3.05) is 19.6 Å². The number of rotatable bonds is 5. The van der Waals surface area contributed by atoms with Gasteiger partial charge in [-0.2, -0.15) is 0 Å². The summed E-state index contributed by atoms with van der Waals surface area (Å²) < 4.78 is 5.50. The van der Waals surface area contributed by atoms with Crippen LogP contribution in [0.2, 0.25) is 0 Å². The second-order valence-corrected chi connectivity index (χ2v) is 6.20. The molecule has 2 aliphatic heterocycles. The van der Waals surface area contributed by atoms with Crippen molar-refractivity contribution in [1.29, 1.82) is 0 Å². The Labute approximate surface area is 125 Å². The smallest absolute Gasteiger partial charge is 0.407 e. The van der Waals surface area contributed by atoms with Crippen LogP contribution < -0.4 is 5.32 Å². The Kier molecular flexibility index (Phi) is 4.14. The van der Waals surface area contributed by atoms with E-state index in [4.69, 9.17) is 4.74 Å². The molecule has 0 radical (unpaired) electrons. The summed E-state index contributed by atoms with van der Waals surface area (Å²) in [4.78, 5) is 21.5. The number of carbonyl (C=O) groups excluding carboxylic acids is 1. The van der Waals surface area contributed by atoms with Gasteiger partial charge in [0.15, 0.2) is 0 Å². The van der Waals surface area contributed by atoms with Gasteiger partial charge in [-0.25, -0.2) is 9.78 Å². The summed E-state index contributed by atoms with van der Waals surface area (Å²) in [6.07, 6.45) is 7.04. The van der Waals surface area contributed by atoms with Crippen LogP contribution in [0.5, 0.6) is 0 Å². The van der Waals surface area contributed by atoms with E-state index in [9.17, 15) is 4.79 Å². The van der Waals surface area contributed by atoms with Crippen LogP contribution in [-0.4, -0.2) is 46.2 Å². The van der Waals surface area contributed by atoms with E-state index < -0.39 is 0 Å². The zero-order valence-corrected chi connectivity index (χ0v) is 12.7. The predicted molar refractivity (Wildman–Crippen MR) is 78.9 cm³/mol. The van der Waals surface area contributed by atoms with Crippen molar-refractivity contribution in [3.8, 4) is 0 Å². The minimum Gasteiger partial charge on any atom is -0.440 e. The molecule has 21 heavy (non-hydrogen) atoms. The molecule has 0 aliphatic carbocycles. The van der Waals surface area contributed by atoms with Crippen molar-refractivity contribution in [3.63, 3.8) is 0 Å². The first kappa shape index (κ1) is 14.4. The molecule has 3 heterocycles. The number of aromatic nitrogens is 2. The van der Waals surface area contributed by atoms with Crippen LogP contribution in [0.3, 0.4) is 0 Å². The number of hydrogen-bond donors (Lipinski definition) is 2. The van der Waals surface area contributed by atoms with Crippen LogP contribution in [0, 0.1) is 0 Å². The molecule has 3 rings (SSSR count). The number of nitrogens with one attached hydrogen (secondary N) is 2. The summed E-state index contributed by atoms with van der Waals surface area (Å²) in [6, 6.07) is 0. The molecule has 2 saturated heterocycles. The maximum Gasteiger partial charge on any atom is 0.407 e. The molecule has 2 N–H and O–H groups in total. The number of piperidine rings is 1. The number of amides is 1. The van der Waals surface area contributed by atoms with Gasteiger partial charge in [0.2, 0.25) is 0 Å². The number of alkyl carbamates (subject to hydrolysis) is 1. The van der Waals surface area contributed by atoms with E-state index in [0.717, 1.165) is 50.4 Å². The number of imidazole rings is 1. The first-order valence-corrected chi connectivity index (χ1v) is 7.91. The summed E-state index contributed by atoms with van der Waals surface area (Å²) in [5.41, 5.74) is 0.829. The number of carbonyl (C=O) groups is 1. The SMILES string of the molecule is CCCCc1ncc(CN2CCC[C@@]3(CNC(=O)O3)C2)[nH]1. The highest BCUT2D eigenvalue weighted by Crippen LogP contribution is 2.28. The highest BCUT2D eigenvalue weighted by Gasteiger charge is 2.43. The number of nitrogens with zero attached hydrogens (tertiary/aromatic N) is 2. The fourth-order valence-electron chi connectivity index (χ4n) is 3.25. The first-order valence-electron chi connectivity index (χ1n) is 7.91. The van der Waals surface area contributed by atoms with E-state index in [0.29, 0.717) is 6.54 Å². The predicted octanol–water partition coefficient (Wildman–Crippen LogP) is 1.83. The summed E-state index contributed by atoms with van der Waals surface area (Å²) >= 11 is 0. The van der Waals surface area contributed by atoms with E-state index in [1.807, 2.05) is 6.20 Å². The van der Waals surface area contributed by atoms with Crippen molar-refractivity contribution in [3.05, 3.63) is 17.7 Å². The van der Waals surface area contributed by atoms with Gasteiger partial charge in [-0.3, -0.25) is 4.90 Å². The lowest BCUT2D eigenvalue weighted by molar-refractivity contribution is -0.0114. The average Bonchev–Trinajstić information content (AvgIpc) is 3.04. The van der Waals surface area contributed by atoms with Crippen molar-refractivity contribution in [1.82, 2.24) is 20.2 Å². The Hall–Kier alpha value is -1.56. The molecule has 6 heteroatoms. The third-order valence-corrected chi connectivity index (χ3v) is 4.32. The van der Waals surface area contributed by atoms with Crippen LogP contribution in [0.4, 0.5) is 4.79 Å². The minimum absolute atomic E-state index is 0.278. The molecule has 0 saturated carbocycles. The molecular formula is C15H24N4O2. The Bertz CT molecular complexity index is 502. The number of ether oxygens (including phenoxy) is 1. The molecule has 1 aromatic rings. The van der Waals surface area contributed by atoms with Crippen molar-refractivity contribution in [2.45, 2.75) is 51.2 Å². The summed E-state index contributed by atoms with van der Waals surface area (Å²) in [5, 5.41) is 2.78. The maximum absolute atomic E-state index is 11.3. The average molecular weight is 292 g/mol. The van der Waals surface area contributed by atoms with Crippen molar-refractivity contribution >= 4 is 6.09 Å². The molecular weight excluding hydrogens is 268 g/mol. The van der Waals surface area contributed by atoms with Gasteiger partial charge in [0.25, 0.3) is 0 Å². The molecule has 0 unspecified atom stereocenters. The van der Waals surface area contributed by atoms with Gasteiger partial charge in [0.05, 0.1) is 6.54 Å². The zero-order chi connectivity index (χ0) is 14.7. The van der Waals surface area contributed by atoms with Gasteiger partial charge in [-0.05, 0) is 25.8 Å². The van der Waals surface area contributed by atoms with Gasteiger partial charge in [-0.1, -0.05) is 13.3 Å². The fraction of sp³-hybridized carbons (Fsp3) is 0.733. The molecule has 116 valence electrons. The highest BCUT2D eigenvalue weighted by atomic mass is 16.6. The van der Waals surface area contributed by atoms with Crippen LogP contribution in [0.1, 0.15) is 44.1 Å². The maximum atomic E-state index is 11.3. The van der Waals surface area contributed by atoms with Crippen LogP contribution in [0.15, 0.2) is 6.20 Å². The number of H-pyrrole nitrogens is 1. The Balaban J connectivity index is 1.57. The standard InChI is InChI=1S/C15H24N4O2/c1-2-3-5-13-16-8-12(18-13)9-19-7-4-6-15(11-19)10-17-14(20)21-15/h8H,2-7,9-11H2,1H3,(H,16,18)(H,17,20)/t15-/m1/s1. The number of hydrogen-bond acceptors (Lipinski definition) is 4. The van der Waals surface area contributed by atoms with E-state index in [2.05, 4.69) is 27.1 Å². The summed E-state index contributed by atoms with van der Waals surface area (Å²) in [5.74, 6) is 1.08. The van der Waals surface area contributed by atoms with Crippen LogP contribution in [-0.2, 0) is 17.7 Å². The normalized spacial score (nSPS) is 26.0. The lowest BCUT2D eigenvalue weighted by atomic mass is 9.93. The number of aryl methyl sites for hydroxylation is 1. The second-order valence-electron chi connectivity index (χ2n) is 6.20. The third-order valence-electron chi connectivity index (χ3n) is 4.32. The monoisotopic (exact) mass is 292 g/mol. The highest BCUT2D eigenvalue weighted by molar-refractivity contribution is 5.70. The first-order chi connectivity index (χ1) is 10.2. The summed E-state index contributed by atoms with van der Waals surface area (Å²) in [6.45, 7) is 5.51. The molecule has 6 nitrogen and oxygen atoms in total. The van der Waals surface area contributed by atoms with E-state index in [-0.39, 0.29) is 11.7 Å². The summed E-state index contributed by atoms with van der Waals surface area (Å²) in [7, 11) is 0. The molecule has 1 atom stereocenters. The lowest BCUT2D eigenvalue weighted by Crippen LogP contribution is -2.50. The topological polar surface area (TPSA) is 70.2 Å². The largest absolute Gasteiger partial charge is 0.440 e. The van der Waals surface area contributed by atoms with Gasteiger partial charge in [0.1, 0.15) is 11.4 Å². The Morgan fingerprint density at radius 2 is 2.43 bits per heavy atom. The van der Waals surface area contributed by atoms with Crippen molar-refractivity contribution < 1.29 is 9.53 Å². The molecule has 1 amide bonds. The van der Waals surface area contributed by atoms with Crippen molar-refractivity contribution in [2.24, 2.45) is 0 Å². The zero-order valence-electron chi connectivity index (χ0n) is 12.7. The van der Waals surface area contributed by atoms with Gasteiger partial charge in [-0.15, -0.1) is 0 Å². The molecule has 0 aromatic carbocycles. The third kappa shape index (κ3) is 3.37.